The van der Waals surface area contributed by atoms with Crippen LogP contribution in [0.3, 0.4) is 0 Å². The second-order valence-electron chi connectivity index (χ2n) is 9.43. The second kappa shape index (κ2) is 9.82. The van der Waals surface area contributed by atoms with Crippen LogP contribution in [-0.4, -0.2) is 26.9 Å². The molecule has 1 heterocycles. The van der Waals surface area contributed by atoms with Crippen molar-refractivity contribution in [2.45, 2.75) is 40.7 Å². The van der Waals surface area contributed by atoms with Crippen LogP contribution in [0.25, 0.3) is 16.6 Å². The number of carbonyl (C=O) groups is 1. The highest BCUT2D eigenvalue weighted by Gasteiger charge is 2.28. The Hall–Kier alpha value is -3.80. The molecule has 0 aliphatic rings. The third-order valence-corrected chi connectivity index (χ3v) is 6.31. The van der Waals surface area contributed by atoms with Gasteiger partial charge in [0.1, 0.15) is 11.6 Å². The van der Waals surface area contributed by atoms with E-state index in [9.17, 15) is 14.0 Å². The van der Waals surface area contributed by atoms with Gasteiger partial charge >= 0.3 is 0 Å². The number of hydrogen-bond donors (Lipinski definition) is 0. The zero-order valence-corrected chi connectivity index (χ0v) is 20.7. The molecule has 35 heavy (non-hydrogen) atoms. The van der Waals surface area contributed by atoms with Gasteiger partial charge in [-0.2, -0.15) is 0 Å². The van der Waals surface area contributed by atoms with Crippen molar-refractivity contribution in [2.24, 2.45) is 5.92 Å². The molecule has 0 N–H and O–H groups in total. The molecule has 0 spiro atoms. The van der Waals surface area contributed by atoms with Crippen LogP contribution in [0, 0.1) is 25.6 Å². The smallest absolute Gasteiger partial charge is 0.266 e. The zero-order valence-electron chi connectivity index (χ0n) is 20.7. The first kappa shape index (κ1) is 24.3. The molecule has 3 aromatic carbocycles. The SMILES string of the molecule is Cc1ccc(-n2c(C(C)N(CC(C)C)C(=O)c3ccc(F)cc3)nc3ccccc3c2=O)cc1C. The number of benzene rings is 3. The van der Waals surface area contributed by atoms with E-state index in [-0.39, 0.29) is 17.4 Å². The zero-order chi connectivity index (χ0) is 25.3. The lowest BCUT2D eigenvalue weighted by Gasteiger charge is -2.32. The van der Waals surface area contributed by atoms with Crippen LogP contribution < -0.4 is 5.56 Å². The predicted octanol–water partition coefficient (Wildman–Crippen LogP) is 6.00. The summed E-state index contributed by atoms with van der Waals surface area (Å²) in [4.78, 5) is 33.9. The normalized spacial score (nSPS) is 12.2. The minimum atomic E-state index is -0.520. The Labute approximate surface area is 204 Å². The van der Waals surface area contributed by atoms with Crippen LogP contribution >= 0.6 is 0 Å². The van der Waals surface area contributed by atoms with E-state index >= 15 is 0 Å². The summed E-state index contributed by atoms with van der Waals surface area (Å²) in [5.74, 6) is 0.0159. The molecule has 0 fully saturated rings. The Morgan fingerprint density at radius 3 is 2.31 bits per heavy atom. The molecule has 1 aromatic heterocycles. The largest absolute Gasteiger partial charge is 0.328 e. The van der Waals surface area contributed by atoms with Gasteiger partial charge in [0.15, 0.2) is 0 Å². The fourth-order valence-corrected chi connectivity index (χ4v) is 4.25. The van der Waals surface area contributed by atoms with Crippen molar-refractivity contribution in [1.29, 1.82) is 0 Å². The number of aromatic nitrogens is 2. The van der Waals surface area contributed by atoms with Crippen molar-refractivity contribution >= 4 is 16.8 Å². The van der Waals surface area contributed by atoms with Gasteiger partial charge in [0.2, 0.25) is 0 Å². The van der Waals surface area contributed by atoms with Crippen LogP contribution in [-0.2, 0) is 0 Å². The van der Waals surface area contributed by atoms with E-state index in [1.165, 1.54) is 24.3 Å². The summed E-state index contributed by atoms with van der Waals surface area (Å²) in [6.07, 6.45) is 0. The van der Waals surface area contributed by atoms with E-state index in [1.807, 2.05) is 71.0 Å². The highest BCUT2D eigenvalue weighted by molar-refractivity contribution is 5.94. The maximum Gasteiger partial charge on any atom is 0.266 e. The molecule has 1 amide bonds. The monoisotopic (exact) mass is 471 g/mol. The van der Waals surface area contributed by atoms with Gasteiger partial charge in [-0.1, -0.05) is 32.0 Å². The van der Waals surface area contributed by atoms with Crippen LogP contribution in [0.4, 0.5) is 4.39 Å². The number of para-hydroxylation sites is 1. The summed E-state index contributed by atoms with van der Waals surface area (Å²) < 4.78 is 15.1. The molecule has 0 aliphatic carbocycles. The Balaban J connectivity index is 1.93. The maximum atomic E-state index is 13.8. The van der Waals surface area contributed by atoms with Crippen LogP contribution in [0.5, 0.6) is 0 Å². The lowest BCUT2D eigenvalue weighted by Crippen LogP contribution is -2.39. The Bertz CT molecular complexity index is 1440. The molecule has 0 saturated heterocycles. The molecular formula is C29H30FN3O2. The molecule has 0 saturated carbocycles. The minimum Gasteiger partial charge on any atom is -0.328 e. The molecule has 4 aromatic rings. The Morgan fingerprint density at radius 2 is 1.66 bits per heavy atom. The summed E-state index contributed by atoms with van der Waals surface area (Å²) >= 11 is 0. The van der Waals surface area contributed by atoms with Crippen molar-refractivity contribution < 1.29 is 9.18 Å². The second-order valence-corrected chi connectivity index (χ2v) is 9.43. The van der Waals surface area contributed by atoms with Gasteiger partial charge < -0.3 is 4.90 Å². The van der Waals surface area contributed by atoms with Gasteiger partial charge in [-0.15, -0.1) is 0 Å². The average Bonchev–Trinajstić information content (AvgIpc) is 2.84. The first-order valence-electron chi connectivity index (χ1n) is 11.8. The van der Waals surface area contributed by atoms with Crippen molar-refractivity contribution in [2.75, 3.05) is 6.54 Å². The molecule has 4 rings (SSSR count). The number of aryl methyl sites for hydroxylation is 2. The predicted molar refractivity (Wildman–Crippen MR) is 138 cm³/mol. The molecule has 0 aliphatic heterocycles. The lowest BCUT2D eigenvalue weighted by atomic mass is 10.1. The van der Waals surface area contributed by atoms with Crippen LogP contribution in [0.2, 0.25) is 0 Å². The number of amides is 1. The topological polar surface area (TPSA) is 55.2 Å². The molecular weight excluding hydrogens is 441 g/mol. The van der Waals surface area contributed by atoms with Gasteiger partial charge in [0.05, 0.1) is 22.6 Å². The van der Waals surface area contributed by atoms with Crippen molar-refractivity contribution in [3.05, 3.63) is 105 Å². The first-order valence-corrected chi connectivity index (χ1v) is 11.8. The third kappa shape index (κ3) is 4.87. The van der Waals surface area contributed by atoms with E-state index in [2.05, 4.69) is 0 Å². The van der Waals surface area contributed by atoms with E-state index < -0.39 is 11.9 Å². The lowest BCUT2D eigenvalue weighted by molar-refractivity contribution is 0.0655. The van der Waals surface area contributed by atoms with Crippen molar-refractivity contribution in [3.8, 4) is 5.69 Å². The minimum absolute atomic E-state index is 0.170. The van der Waals surface area contributed by atoms with Gasteiger partial charge in [0.25, 0.3) is 11.5 Å². The third-order valence-electron chi connectivity index (χ3n) is 6.31. The molecule has 1 unspecified atom stereocenters. The molecule has 6 heteroatoms. The highest BCUT2D eigenvalue weighted by Crippen LogP contribution is 2.26. The van der Waals surface area contributed by atoms with Crippen LogP contribution in [0.1, 0.15) is 54.1 Å². The molecule has 0 bridgehead atoms. The van der Waals surface area contributed by atoms with Gasteiger partial charge in [-0.05, 0) is 86.3 Å². The number of halogens is 1. The molecule has 1 atom stereocenters. The summed E-state index contributed by atoms with van der Waals surface area (Å²) in [7, 11) is 0. The van der Waals surface area contributed by atoms with Crippen LogP contribution in [0.15, 0.2) is 71.5 Å². The van der Waals surface area contributed by atoms with Crippen molar-refractivity contribution in [1.82, 2.24) is 14.5 Å². The number of rotatable bonds is 6. The van der Waals surface area contributed by atoms with E-state index in [0.717, 1.165) is 11.1 Å². The quantitative estimate of drug-likeness (QED) is 0.347. The maximum absolute atomic E-state index is 13.8. The summed E-state index contributed by atoms with van der Waals surface area (Å²) in [5, 5.41) is 0.516. The summed E-state index contributed by atoms with van der Waals surface area (Å²) in [6.45, 7) is 10.4. The summed E-state index contributed by atoms with van der Waals surface area (Å²) in [6, 6.07) is 18.1. The Morgan fingerprint density at radius 1 is 0.971 bits per heavy atom. The van der Waals surface area contributed by atoms with Gasteiger partial charge in [-0.3, -0.25) is 14.2 Å². The first-order chi connectivity index (χ1) is 16.7. The highest BCUT2D eigenvalue weighted by atomic mass is 19.1. The van der Waals surface area contributed by atoms with Gasteiger partial charge in [-0.25, -0.2) is 9.37 Å². The number of hydrogen-bond acceptors (Lipinski definition) is 3. The number of nitrogens with zero attached hydrogens (tertiary/aromatic N) is 3. The average molecular weight is 472 g/mol. The van der Waals surface area contributed by atoms with Gasteiger partial charge in [0, 0.05) is 12.1 Å². The van der Waals surface area contributed by atoms with E-state index in [1.54, 1.807) is 15.5 Å². The van der Waals surface area contributed by atoms with E-state index in [4.69, 9.17) is 4.98 Å². The van der Waals surface area contributed by atoms with Crippen molar-refractivity contribution in [3.63, 3.8) is 0 Å². The Kier molecular flexibility index (Phi) is 6.83. The molecule has 180 valence electrons. The summed E-state index contributed by atoms with van der Waals surface area (Å²) in [5.41, 5.74) is 3.68. The van der Waals surface area contributed by atoms with E-state index in [0.29, 0.717) is 34.5 Å². The standard InChI is InChI=1S/C29H30FN3O2/c1-18(2)17-32(28(34)22-11-13-23(30)14-12-22)21(5)27-31-26-9-7-6-8-25(26)29(35)33(27)24-15-10-19(3)20(4)16-24/h6-16,18,21H,17H2,1-5H3. The fourth-order valence-electron chi connectivity index (χ4n) is 4.25. The fraction of sp³-hybridized carbons (Fsp3) is 0.276. The number of fused-ring (bicyclic) bond motifs is 1. The number of carbonyl (C=O) groups excluding carboxylic acids is 1. The molecule has 0 radical (unpaired) electrons. The molecule has 5 nitrogen and oxygen atoms in total.